The molecular formula is C35H25Cl2F5N2O7. The summed E-state index contributed by atoms with van der Waals surface area (Å²) in [4.78, 5) is 51.9. The molecule has 51 heavy (non-hydrogen) atoms. The second-order valence-corrected chi connectivity index (χ2v) is 13.9. The molecule has 9 nitrogen and oxygen atoms in total. The van der Waals surface area contributed by atoms with E-state index < -0.39 is 104 Å². The monoisotopic (exact) mass is 750 g/mol. The molecule has 7 rings (SSSR count). The molecule has 2 aliphatic carbocycles. The zero-order chi connectivity index (χ0) is 36.9. The van der Waals surface area contributed by atoms with Crippen LogP contribution in [0.25, 0.3) is 0 Å². The van der Waals surface area contributed by atoms with Crippen LogP contribution in [0.1, 0.15) is 29.9 Å². The van der Waals surface area contributed by atoms with Crippen LogP contribution in [0.15, 0.2) is 54.1 Å². The van der Waals surface area contributed by atoms with E-state index in [0.717, 1.165) is 11.0 Å². The van der Waals surface area contributed by atoms with Crippen LogP contribution < -0.4 is 14.4 Å². The number of allylic oxidation sites excluding steroid dienone is 2. The molecule has 0 spiro atoms. The van der Waals surface area contributed by atoms with E-state index in [9.17, 15) is 37.5 Å². The van der Waals surface area contributed by atoms with Gasteiger partial charge >= 0.3 is 0 Å². The molecule has 1 saturated carbocycles. The Morgan fingerprint density at radius 1 is 0.843 bits per heavy atom. The van der Waals surface area contributed by atoms with E-state index in [2.05, 4.69) is 0 Å². The van der Waals surface area contributed by atoms with E-state index in [1.807, 2.05) is 0 Å². The SMILES string of the molecule is COc1cc(O)c(C2C3=CCC4C(=O)N(Cc5ccccc5)C(=O)C4C3CC3(Cl)C(=O)N(c4c(F)c(F)c(F)c(F)c4F)C(=O)C23Cl)c(OC)c1. The average molecular weight is 751 g/mol. The summed E-state index contributed by atoms with van der Waals surface area (Å²) in [7, 11) is 2.48. The van der Waals surface area contributed by atoms with Gasteiger partial charge in [-0.3, -0.25) is 24.1 Å². The number of hydrogen-bond acceptors (Lipinski definition) is 7. The molecule has 266 valence electrons. The summed E-state index contributed by atoms with van der Waals surface area (Å²) in [6.07, 6.45) is 0.777. The molecule has 1 N–H and O–H groups in total. The highest BCUT2D eigenvalue weighted by atomic mass is 35.5. The van der Waals surface area contributed by atoms with Crippen LogP contribution in [0, 0.1) is 46.8 Å². The number of amides is 4. The number of fused-ring (bicyclic) bond motifs is 4. The molecule has 6 atom stereocenters. The standard InChI is InChI=1S/C35H25Cl2F5N2O7/c1-50-15-10-19(45)22(20(11-15)51-2)23-16-8-9-17-21(31(47)43(30(17)46)13-14-6-4-3-5-7-14)18(16)12-34(36)32(48)44(33(49)35(23,34)37)29-27(41)25(39)24(38)26(40)28(29)42/h3-8,10-11,17-18,21,23,45H,9,12-13H2,1-2H3. The molecule has 3 aromatic carbocycles. The number of nitrogens with zero attached hydrogens (tertiary/aromatic N) is 2. The van der Waals surface area contributed by atoms with E-state index in [-0.39, 0.29) is 40.5 Å². The summed E-state index contributed by atoms with van der Waals surface area (Å²) < 4.78 is 84.3. The molecule has 4 amide bonds. The molecule has 4 aliphatic rings. The fraction of sp³-hybridized carbons (Fsp3) is 0.314. The Morgan fingerprint density at radius 3 is 2.08 bits per heavy atom. The predicted molar refractivity (Wildman–Crippen MR) is 170 cm³/mol. The summed E-state index contributed by atoms with van der Waals surface area (Å²) in [5.41, 5.74) is -1.36. The van der Waals surface area contributed by atoms with Gasteiger partial charge in [0.1, 0.15) is 22.9 Å². The van der Waals surface area contributed by atoms with Crippen LogP contribution in [-0.4, -0.2) is 57.6 Å². The van der Waals surface area contributed by atoms with Gasteiger partial charge < -0.3 is 14.6 Å². The van der Waals surface area contributed by atoms with Crippen molar-refractivity contribution in [3.8, 4) is 17.2 Å². The van der Waals surface area contributed by atoms with Crippen molar-refractivity contribution in [1.82, 2.24) is 4.90 Å². The van der Waals surface area contributed by atoms with Gasteiger partial charge in [0, 0.05) is 23.6 Å². The molecule has 3 aromatic rings. The average Bonchev–Trinajstić information content (AvgIpc) is 3.44. The first kappa shape index (κ1) is 34.7. The van der Waals surface area contributed by atoms with Crippen molar-refractivity contribution in [2.24, 2.45) is 17.8 Å². The maximum atomic E-state index is 15.3. The number of carbonyl (C=O) groups is 4. The Morgan fingerprint density at radius 2 is 1.47 bits per heavy atom. The summed E-state index contributed by atoms with van der Waals surface area (Å²) >= 11 is 14.3. The second kappa shape index (κ2) is 11.9. The topological polar surface area (TPSA) is 113 Å². The van der Waals surface area contributed by atoms with Gasteiger partial charge in [0.05, 0.1) is 32.6 Å². The molecule has 16 heteroatoms. The van der Waals surface area contributed by atoms with Crippen molar-refractivity contribution in [2.45, 2.75) is 35.1 Å². The molecule has 2 aliphatic heterocycles. The number of phenols is 1. The summed E-state index contributed by atoms with van der Waals surface area (Å²) in [6, 6.07) is 11.1. The number of phenolic OH excluding ortho intramolecular Hbond substituents is 1. The van der Waals surface area contributed by atoms with Gasteiger partial charge in [-0.05, 0) is 24.3 Å². The van der Waals surface area contributed by atoms with E-state index in [0.29, 0.717) is 5.56 Å². The van der Waals surface area contributed by atoms with Gasteiger partial charge in [-0.1, -0.05) is 42.0 Å². The van der Waals surface area contributed by atoms with Crippen LogP contribution in [0.3, 0.4) is 0 Å². The Labute approximate surface area is 296 Å². The molecule has 0 radical (unpaired) electrons. The lowest BCUT2D eigenvalue weighted by Crippen LogP contribution is -2.60. The van der Waals surface area contributed by atoms with Gasteiger partial charge in [0.25, 0.3) is 11.8 Å². The largest absolute Gasteiger partial charge is 0.507 e. The van der Waals surface area contributed by atoms with Crippen molar-refractivity contribution in [1.29, 1.82) is 0 Å². The minimum Gasteiger partial charge on any atom is -0.507 e. The number of anilines is 1. The van der Waals surface area contributed by atoms with Crippen LogP contribution >= 0.6 is 23.2 Å². The van der Waals surface area contributed by atoms with Gasteiger partial charge in [0.15, 0.2) is 33.0 Å². The van der Waals surface area contributed by atoms with Crippen molar-refractivity contribution in [3.05, 3.63) is 94.3 Å². The van der Waals surface area contributed by atoms with Gasteiger partial charge in [0.2, 0.25) is 17.6 Å². The number of imide groups is 2. The highest BCUT2D eigenvalue weighted by Gasteiger charge is 2.77. The molecule has 0 bridgehead atoms. The lowest BCUT2D eigenvalue weighted by Gasteiger charge is -2.50. The third-order valence-corrected chi connectivity index (χ3v) is 11.7. The van der Waals surface area contributed by atoms with Crippen molar-refractivity contribution in [2.75, 3.05) is 19.1 Å². The summed E-state index contributed by atoms with van der Waals surface area (Å²) in [5, 5.41) is 11.4. The molecule has 0 aromatic heterocycles. The first-order valence-corrected chi connectivity index (χ1v) is 16.2. The number of likely N-dealkylation sites (tertiary alicyclic amines) is 1. The number of aromatic hydroxyl groups is 1. The molecule has 3 fully saturated rings. The second-order valence-electron chi connectivity index (χ2n) is 12.7. The molecule has 6 unspecified atom stereocenters. The van der Waals surface area contributed by atoms with Gasteiger partial charge in [-0.2, -0.15) is 0 Å². The minimum absolute atomic E-state index is 0.0617. The summed E-state index contributed by atoms with van der Waals surface area (Å²) in [5.74, 6) is -22.6. The van der Waals surface area contributed by atoms with E-state index >= 15 is 8.78 Å². The maximum Gasteiger partial charge on any atom is 0.258 e. The smallest absolute Gasteiger partial charge is 0.258 e. The Kier molecular flexibility index (Phi) is 8.14. The van der Waals surface area contributed by atoms with E-state index in [1.165, 1.54) is 26.4 Å². The lowest BCUT2D eigenvalue weighted by atomic mass is 9.56. The quantitative estimate of drug-likeness (QED) is 0.0838. The number of ether oxygens (including phenoxy) is 2. The van der Waals surface area contributed by atoms with E-state index in [4.69, 9.17) is 32.7 Å². The van der Waals surface area contributed by atoms with Crippen molar-refractivity contribution >= 4 is 52.5 Å². The zero-order valence-electron chi connectivity index (χ0n) is 26.5. The first-order valence-electron chi connectivity index (χ1n) is 15.5. The number of benzene rings is 3. The minimum atomic E-state index is -2.84. The third-order valence-electron chi connectivity index (χ3n) is 10.3. The van der Waals surface area contributed by atoms with Crippen molar-refractivity contribution < 1.29 is 55.7 Å². The highest BCUT2D eigenvalue weighted by Crippen LogP contribution is 2.67. The number of hydrogen-bond donors (Lipinski definition) is 1. The third kappa shape index (κ3) is 4.57. The number of alkyl halides is 2. The van der Waals surface area contributed by atoms with Gasteiger partial charge in [-0.15, -0.1) is 23.2 Å². The van der Waals surface area contributed by atoms with Crippen LogP contribution in [0.4, 0.5) is 27.6 Å². The Balaban J connectivity index is 1.45. The number of rotatable bonds is 6. The molecular weight excluding hydrogens is 726 g/mol. The fourth-order valence-electron chi connectivity index (χ4n) is 8.04. The fourth-order valence-corrected chi connectivity index (χ4v) is 8.95. The van der Waals surface area contributed by atoms with Crippen LogP contribution in [0.2, 0.25) is 0 Å². The normalized spacial score (nSPS) is 28.5. The van der Waals surface area contributed by atoms with Crippen LogP contribution in [-0.2, 0) is 25.7 Å². The summed E-state index contributed by atoms with van der Waals surface area (Å²) in [6.45, 7) is -0.0824. The lowest BCUT2D eigenvalue weighted by molar-refractivity contribution is -0.141. The number of carbonyl (C=O) groups excluding carboxylic acids is 4. The molecule has 2 saturated heterocycles. The van der Waals surface area contributed by atoms with Gasteiger partial charge in [-0.25, -0.2) is 26.9 Å². The van der Waals surface area contributed by atoms with E-state index in [1.54, 1.807) is 30.3 Å². The van der Waals surface area contributed by atoms with Crippen LogP contribution in [0.5, 0.6) is 17.2 Å². The first-order chi connectivity index (χ1) is 24.1. The zero-order valence-corrected chi connectivity index (χ0v) is 28.0. The highest BCUT2D eigenvalue weighted by molar-refractivity contribution is 6.58. The maximum absolute atomic E-state index is 15.3. The Bertz CT molecular complexity index is 2070. The number of methoxy groups -OCH3 is 2. The van der Waals surface area contributed by atoms with Crippen molar-refractivity contribution in [3.63, 3.8) is 0 Å². The Hall–Kier alpha value is -4.69. The predicted octanol–water partition coefficient (Wildman–Crippen LogP) is 5.87. The number of halogens is 7. The molecule has 2 heterocycles.